The van der Waals surface area contributed by atoms with Crippen LogP contribution in [0.1, 0.15) is 13.8 Å². The molecule has 0 saturated heterocycles. The molecule has 0 saturated carbocycles. The number of phenols is 1. The highest BCUT2D eigenvalue weighted by Crippen LogP contribution is 2.40. The number of rotatable bonds is 6. The maximum atomic E-state index is 10.3. The van der Waals surface area contributed by atoms with Gasteiger partial charge in [-0.3, -0.25) is 0 Å². The second kappa shape index (κ2) is 8.81. The molecule has 0 spiro atoms. The number of fused-ring (bicyclic) bond motifs is 2. The molecule has 0 radical (unpaired) electrons. The molecule has 4 rings (SSSR count). The molecule has 164 valence electrons. The first-order valence-corrected chi connectivity index (χ1v) is 14.4. The van der Waals surface area contributed by atoms with Gasteiger partial charge in [-0.1, -0.05) is 60.7 Å². The summed E-state index contributed by atoms with van der Waals surface area (Å²) in [5, 5.41) is 14.4. The predicted octanol–water partition coefficient (Wildman–Crippen LogP) is 7.89. The van der Waals surface area contributed by atoms with Crippen LogP contribution in [-0.2, 0) is 4.43 Å². The number of hydrogen-bond acceptors (Lipinski definition) is 3. The maximum absolute atomic E-state index is 10.3. The molecule has 0 fully saturated rings. The Kier molecular flexibility index (Phi) is 6.09. The molecule has 0 bridgehead atoms. The molecule has 0 aliphatic rings. The van der Waals surface area contributed by atoms with Crippen molar-refractivity contribution in [1.29, 1.82) is 0 Å². The van der Waals surface area contributed by atoms with Crippen LogP contribution in [-0.4, -0.2) is 20.0 Å². The third-order valence-corrected chi connectivity index (χ3v) is 6.67. The van der Waals surface area contributed by atoms with Crippen LogP contribution in [0.25, 0.3) is 32.7 Å². The number of allylic oxidation sites excluding steroid dienone is 1. The highest BCUT2D eigenvalue weighted by Gasteiger charge is 2.16. The van der Waals surface area contributed by atoms with Crippen molar-refractivity contribution in [2.45, 2.75) is 33.5 Å². The van der Waals surface area contributed by atoms with Crippen LogP contribution in [0.2, 0.25) is 19.6 Å². The topological polar surface area (TPSA) is 38.7 Å². The molecule has 32 heavy (non-hydrogen) atoms. The molecule has 0 amide bonds. The molecule has 0 aliphatic heterocycles. The molecule has 0 atom stereocenters. The lowest BCUT2D eigenvalue weighted by Gasteiger charge is -2.19. The van der Waals surface area contributed by atoms with Gasteiger partial charge in [-0.15, -0.1) is 0 Å². The third-order valence-electron chi connectivity index (χ3n) is 5.66. The molecule has 1 N–H and O–H groups in total. The summed E-state index contributed by atoms with van der Waals surface area (Å²) < 4.78 is 12.4. The van der Waals surface area contributed by atoms with Gasteiger partial charge in [0.2, 0.25) is 0 Å². The second-order valence-electron chi connectivity index (χ2n) is 9.17. The van der Waals surface area contributed by atoms with Gasteiger partial charge in [0.15, 0.2) is 8.32 Å². The van der Waals surface area contributed by atoms with E-state index in [0.717, 1.165) is 49.8 Å². The first-order valence-electron chi connectivity index (χ1n) is 11.0. The number of hydrogen-bond donors (Lipinski definition) is 1. The fourth-order valence-electron chi connectivity index (χ4n) is 3.79. The van der Waals surface area contributed by atoms with E-state index in [1.807, 2.05) is 49.4 Å². The average Bonchev–Trinajstić information content (AvgIpc) is 2.78. The molecule has 4 aromatic carbocycles. The minimum atomic E-state index is -1.58. The van der Waals surface area contributed by atoms with Gasteiger partial charge in [-0.2, -0.15) is 0 Å². The zero-order valence-corrected chi connectivity index (χ0v) is 20.4. The van der Waals surface area contributed by atoms with E-state index in [0.29, 0.717) is 12.4 Å². The molecule has 3 nitrogen and oxygen atoms in total. The Bertz CT molecular complexity index is 1320. The standard InChI is InChI=1S/C28H30O3Si/c1-19(18-30-32(3,4)5)20(2)31-28-17-15-24(22-11-7-9-13-26(22)28)23-14-16-27(29)25-12-8-6-10-21(23)25/h6-17,29H,18H2,1-5H3. The Morgan fingerprint density at radius 1 is 0.719 bits per heavy atom. The smallest absolute Gasteiger partial charge is 0.184 e. The molecule has 4 heteroatoms. The Morgan fingerprint density at radius 2 is 1.25 bits per heavy atom. The van der Waals surface area contributed by atoms with E-state index in [4.69, 9.17) is 9.16 Å². The van der Waals surface area contributed by atoms with E-state index in [1.54, 1.807) is 6.07 Å². The first-order chi connectivity index (χ1) is 15.2. The number of benzene rings is 4. The average molecular weight is 443 g/mol. The zero-order chi connectivity index (χ0) is 22.9. The fraction of sp³-hybridized carbons (Fsp3) is 0.214. The van der Waals surface area contributed by atoms with E-state index in [9.17, 15) is 5.11 Å². The van der Waals surface area contributed by atoms with Crippen molar-refractivity contribution in [3.63, 3.8) is 0 Å². The van der Waals surface area contributed by atoms with Crippen LogP contribution >= 0.6 is 0 Å². The molecule has 0 aliphatic carbocycles. The Labute approximate surface area is 191 Å². The van der Waals surface area contributed by atoms with Gasteiger partial charge in [-0.05, 0) is 73.1 Å². The minimum absolute atomic E-state index is 0.297. The summed E-state index contributed by atoms with van der Waals surface area (Å²) in [6, 6.07) is 24.2. The summed E-state index contributed by atoms with van der Waals surface area (Å²) >= 11 is 0. The molecule has 0 heterocycles. The normalized spacial score (nSPS) is 12.8. The highest BCUT2D eigenvalue weighted by atomic mass is 28.4. The predicted molar refractivity (Wildman–Crippen MR) is 137 cm³/mol. The summed E-state index contributed by atoms with van der Waals surface area (Å²) in [5.41, 5.74) is 3.31. The van der Waals surface area contributed by atoms with Gasteiger partial charge in [0.05, 0.1) is 6.61 Å². The van der Waals surface area contributed by atoms with Crippen molar-refractivity contribution in [2.75, 3.05) is 6.61 Å². The molecule has 0 aromatic heterocycles. The van der Waals surface area contributed by atoms with Crippen molar-refractivity contribution in [3.8, 4) is 22.6 Å². The lowest BCUT2D eigenvalue weighted by Crippen LogP contribution is -2.26. The molecular weight excluding hydrogens is 412 g/mol. The lowest BCUT2D eigenvalue weighted by atomic mass is 9.93. The van der Waals surface area contributed by atoms with Crippen LogP contribution in [0.3, 0.4) is 0 Å². The van der Waals surface area contributed by atoms with Gasteiger partial charge < -0.3 is 14.3 Å². The third kappa shape index (κ3) is 4.57. The molecule has 4 aromatic rings. The van der Waals surface area contributed by atoms with Crippen LogP contribution in [0.4, 0.5) is 0 Å². The summed E-state index contributed by atoms with van der Waals surface area (Å²) in [6.07, 6.45) is 0. The van der Waals surface area contributed by atoms with E-state index in [1.165, 1.54) is 0 Å². The van der Waals surface area contributed by atoms with Crippen LogP contribution in [0, 0.1) is 0 Å². The van der Waals surface area contributed by atoms with Crippen molar-refractivity contribution >= 4 is 29.9 Å². The van der Waals surface area contributed by atoms with Gasteiger partial charge in [0, 0.05) is 10.8 Å². The Morgan fingerprint density at radius 3 is 1.88 bits per heavy atom. The number of aromatic hydroxyl groups is 1. The summed E-state index contributed by atoms with van der Waals surface area (Å²) in [7, 11) is -1.58. The molecule has 0 unspecified atom stereocenters. The summed E-state index contributed by atoms with van der Waals surface area (Å²) in [4.78, 5) is 0. The quantitative estimate of drug-likeness (QED) is 0.244. The monoisotopic (exact) mass is 442 g/mol. The SMILES string of the molecule is CC(CO[Si](C)(C)C)=C(C)Oc1ccc(-c2ccc(O)c3ccccc23)c2ccccc12. The number of ether oxygens (including phenoxy) is 1. The summed E-state index contributed by atoms with van der Waals surface area (Å²) in [5.74, 6) is 2.00. The first kappa shape index (κ1) is 22.1. The Hall–Kier alpha value is -3.08. The van der Waals surface area contributed by atoms with Crippen molar-refractivity contribution in [1.82, 2.24) is 0 Å². The van der Waals surface area contributed by atoms with E-state index < -0.39 is 8.32 Å². The second-order valence-corrected chi connectivity index (χ2v) is 13.7. The van der Waals surface area contributed by atoms with Crippen LogP contribution < -0.4 is 4.74 Å². The van der Waals surface area contributed by atoms with Gasteiger partial charge >= 0.3 is 0 Å². The van der Waals surface area contributed by atoms with Crippen molar-refractivity contribution in [3.05, 3.63) is 84.1 Å². The zero-order valence-electron chi connectivity index (χ0n) is 19.4. The van der Waals surface area contributed by atoms with Crippen LogP contribution in [0.15, 0.2) is 84.1 Å². The Balaban J connectivity index is 1.78. The maximum Gasteiger partial charge on any atom is 0.184 e. The van der Waals surface area contributed by atoms with Gasteiger partial charge in [-0.25, -0.2) is 0 Å². The lowest BCUT2D eigenvalue weighted by molar-refractivity contribution is 0.332. The van der Waals surface area contributed by atoms with E-state index >= 15 is 0 Å². The van der Waals surface area contributed by atoms with Gasteiger partial charge in [0.25, 0.3) is 0 Å². The van der Waals surface area contributed by atoms with Gasteiger partial charge in [0.1, 0.15) is 17.3 Å². The molecular formula is C28H30O3Si. The van der Waals surface area contributed by atoms with Crippen molar-refractivity contribution in [2.24, 2.45) is 0 Å². The minimum Gasteiger partial charge on any atom is -0.507 e. The van der Waals surface area contributed by atoms with Crippen LogP contribution in [0.5, 0.6) is 11.5 Å². The number of phenolic OH excluding ortho intramolecular Hbond substituents is 1. The van der Waals surface area contributed by atoms with E-state index in [2.05, 4.69) is 50.8 Å². The largest absolute Gasteiger partial charge is 0.507 e. The van der Waals surface area contributed by atoms with Crippen molar-refractivity contribution < 1.29 is 14.3 Å². The summed E-state index contributed by atoms with van der Waals surface area (Å²) in [6.45, 7) is 11.2. The fourth-order valence-corrected chi connectivity index (χ4v) is 4.44. The van der Waals surface area contributed by atoms with E-state index in [-0.39, 0.29) is 0 Å². The highest BCUT2D eigenvalue weighted by molar-refractivity contribution is 6.69.